The minimum Gasteiger partial charge on any atom is -0.481 e. The summed E-state index contributed by atoms with van der Waals surface area (Å²) in [5, 5.41) is 9.04. The number of epoxide rings is 1. The van der Waals surface area contributed by atoms with Gasteiger partial charge in [-0.05, 0) is 45.3 Å². The third-order valence-corrected chi connectivity index (χ3v) is 4.74. The highest BCUT2D eigenvalue weighted by Gasteiger charge is 2.35. The first kappa shape index (κ1) is 20.9. The number of allylic oxidation sites excluding steroid dienone is 1. The molecule has 0 bridgehead atoms. The summed E-state index contributed by atoms with van der Waals surface area (Å²) in [7, 11) is 0. The number of rotatable bonds is 14. The van der Waals surface area contributed by atoms with Crippen LogP contribution in [0.3, 0.4) is 0 Å². The van der Waals surface area contributed by atoms with Crippen molar-refractivity contribution in [2.75, 3.05) is 0 Å². The van der Waals surface area contributed by atoms with Crippen molar-refractivity contribution in [1.29, 1.82) is 0 Å². The van der Waals surface area contributed by atoms with Crippen LogP contribution in [0.15, 0.2) is 12.2 Å². The molecule has 0 aromatic heterocycles. The van der Waals surface area contributed by atoms with Gasteiger partial charge in [0.1, 0.15) is 6.10 Å². The van der Waals surface area contributed by atoms with Gasteiger partial charge in [0, 0.05) is 6.42 Å². The molecule has 4 heteroatoms. The largest absolute Gasteiger partial charge is 0.481 e. The van der Waals surface area contributed by atoms with Crippen molar-refractivity contribution in [3.63, 3.8) is 0 Å². The van der Waals surface area contributed by atoms with Gasteiger partial charge in [-0.25, -0.2) is 0 Å². The molecule has 0 amide bonds. The molecule has 0 aliphatic carbocycles. The van der Waals surface area contributed by atoms with Gasteiger partial charge in [0.05, 0.1) is 11.5 Å². The monoisotopic (exact) mass is 338 g/mol. The fraction of sp³-hybridized carbons (Fsp3) is 0.800. The van der Waals surface area contributed by atoms with Crippen LogP contribution in [-0.4, -0.2) is 29.1 Å². The second-order valence-electron chi connectivity index (χ2n) is 7.56. The van der Waals surface area contributed by atoms with E-state index >= 15 is 0 Å². The molecule has 0 aromatic rings. The van der Waals surface area contributed by atoms with Gasteiger partial charge in [-0.1, -0.05) is 45.4 Å². The maximum absolute atomic E-state index is 11.8. The topological polar surface area (TPSA) is 66.9 Å². The number of ether oxygens (including phenoxy) is 1. The highest BCUT2D eigenvalue weighted by Crippen LogP contribution is 2.28. The Hall–Kier alpha value is -1.16. The molecule has 1 aliphatic rings. The molecule has 2 unspecified atom stereocenters. The number of carboxylic acids is 1. The lowest BCUT2D eigenvalue weighted by molar-refractivity contribution is -0.147. The first-order valence-electron chi connectivity index (χ1n) is 9.46. The molecule has 1 N–H and O–H groups in total. The van der Waals surface area contributed by atoms with Crippen LogP contribution in [-0.2, 0) is 14.3 Å². The van der Waals surface area contributed by atoms with Crippen molar-refractivity contribution in [2.24, 2.45) is 5.41 Å². The molecule has 1 rings (SSSR count). The van der Waals surface area contributed by atoms with E-state index in [1.54, 1.807) is 19.9 Å². The molecule has 138 valence electrons. The summed E-state index contributed by atoms with van der Waals surface area (Å²) in [5.74, 6) is -0.568. The zero-order chi connectivity index (χ0) is 18.0. The van der Waals surface area contributed by atoms with Crippen molar-refractivity contribution < 1.29 is 19.4 Å². The Morgan fingerprint density at radius 3 is 2.46 bits per heavy atom. The molecule has 4 nitrogen and oxygen atoms in total. The number of ketones is 1. The van der Waals surface area contributed by atoms with Crippen molar-refractivity contribution in [3.05, 3.63) is 12.2 Å². The first-order chi connectivity index (χ1) is 11.4. The van der Waals surface area contributed by atoms with Gasteiger partial charge < -0.3 is 9.84 Å². The van der Waals surface area contributed by atoms with Crippen LogP contribution in [0.4, 0.5) is 0 Å². The molecule has 1 fully saturated rings. The summed E-state index contributed by atoms with van der Waals surface area (Å²) in [5.41, 5.74) is -0.642. The number of unbranched alkanes of at least 4 members (excludes halogenated alkanes) is 5. The van der Waals surface area contributed by atoms with Crippen LogP contribution in [0, 0.1) is 5.41 Å². The van der Waals surface area contributed by atoms with Gasteiger partial charge >= 0.3 is 5.97 Å². The highest BCUT2D eigenvalue weighted by molar-refractivity contribution is 5.89. The Bertz CT molecular complexity index is 425. The number of hydrogen-bond acceptors (Lipinski definition) is 3. The lowest BCUT2D eigenvalue weighted by atomic mass is 9.87. The molecule has 2 atom stereocenters. The maximum Gasteiger partial charge on any atom is 0.309 e. The lowest BCUT2D eigenvalue weighted by Crippen LogP contribution is -2.23. The minimum atomic E-state index is -0.738. The van der Waals surface area contributed by atoms with Crippen molar-refractivity contribution in [2.45, 2.75) is 97.2 Å². The van der Waals surface area contributed by atoms with E-state index in [-0.39, 0.29) is 11.9 Å². The average Bonchev–Trinajstić information content (AvgIpc) is 3.27. The zero-order valence-electron chi connectivity index (χ0n) is 15.6. The molecule has 24 heavy (non-hydrogen) atoms. The maximum atomic E-state index is 11.8. The summed E-state index contributed by atoms with van der Waals surface area (Å²) in [6.45, 7) is 5.72. The third kappa shape index (κ3) is 8.62. The van der Waals surface area contributed by atoms with Crippen LogP contribution in [0.5, 0.6) is 0 Å². The molecule has 0 radical (unpaired) electrons. The number of hydrogen-bond donors (Lipinski definition) is 1. The summed E-state index contributed by atoms with van der Waals surface area (Å²) in [6, 6.07) is 0. The van der Waals surface area contributed by atoms with E-state index < -0.39 is 11.4 Å². The fourth-order valence-corrected chi connectivity index (χ4v) is 2.77. The SMILES string of the molecule is CCCCCC1OC1/C=C/C(=O)CCCCCCC(C)(C)C(=O)O. The van der Waals surface area contributed by atoms with Crippen molar-refractivity contribution >= 4 is 11.8 Å². The fourth-order valence-electron chi connectivity index (χ4n) is 2.77. The Kier molecular flexibility index (Phi) is 9.27. The number of carbonyl (C=O) groups is 2. The summed E-state index contributed by atoms with van der Waals surface area (Å²) < 4.78 is 5.54. The minimum absolute atomic E-state index is 0.157. The van der Waals surface area contributed by atoms with Crippen LogP contribution in [0.2, 0.25) is 0 Å². The molecular formula is C20H34O4. The molecular weight excluding hydrogens is 304 g/mol. The molecule has 1 aliphatic heterocycles. The molecule has 0 aromatic carbocycles. The van der Waals surface area contributed by atoms with Gasteiger partial charge in [0.25, 0.3) is 0 Å². The quantitative estimate of drug-likeness (QED) is 0.277. The van der Waals surface area contributed by atoms with E-state index in [0.29, 0.717) is 18.9 Å². The van der Waals surface area contributed by atoms with Gasteiger partial charge in [0.15, 0.2) is 5.78 Å². The predicted octanol–water partition coefficient (Wildman–Crippen LogP) is 4.91. The molecule has 1 heterocycles. The summed E-state index contributed by atoms with van der Waals surface area (Å²) in [4.78, 5) is 22.8. The Balaban J connectivity index is 2.01. The standard InChI is InChI=1S/C20H34O4/c1-4-5-8-12-17-18(24-17)14-13-16(21)11-9-6-7-10-15-20(2,3)19(22)23/h13-14,17-18H,4-12,15H2,1-3H3,(H,22,23)/b14-13+. The number of carboxylic acid groups (broad SMARTS) is 1. The van der Waals surface area contributed by atoms with E-state index in [1.165, 1.54) is 19.3 Å². The van der Waals surface area contributed by atoms with E-state index in [4.69, 9.17) is 9.84 Å². The normalized spacial score (nSPS) is 20.5. The van der Waals surface area contributed by atoms with Crippen LogP contribution in [0.25, 0.3) is 0 Å². The average molecular weight is 338 g/mol. The Morgan fingerprint density at radius 2 is 1.79 bits per heavy atom. The van der Waals surface area contributed by atoms with Gasteiger partial charge in [0.2, 0.25) is 0 Å². The van der Waals surface area contributed by atoms with Gasteiger partial charge in [-0.3, -0.25) is 9.59 Å². The van der Waals surface area contributed by atoms with Crippen LogP contribution >= 0.6 is 0 Å². The molecule has 0 saturated carbocycles. The van der Waals surface area contributed by atoms with Gasteiger partial charge in [-0.15, -0.1) is 0 Å². The Morgan fingerprint density at radius 1 is 1.08 bits per heavy atom. The van der Waals surface area contributed by atoms with E-state index in [9.17, 15) is 9.59 Å². The second kappa shape index (κ2) is 10.7. The molecule has 1 saturated heterocycles. The third-order valence-electron chi connectivity index (χ3n) is 4.74. The number of aliphatic carboxylic acids is 1. The number of carbonyl (C=O) groups excluding carboxylic acids is 1. The lowest BCUT2D eigenvalue weighted by Gasteiger charge is -2.18. The Labute approximate surface area is 146 Å². The van der Waals surface area contributed by atoms with Crippen LogP contribution < -0.4 is 0 Å². The zero-order valence-corrected chi connectivity index (χ0v) is 15.6. The predicted molar refractivity (Wildman–Crippen MR) is 96.1 cm³/mol. The highest BCUT2D eigenvalue weighted by atomic mass is 16.6. The second-order valence-corrected chi connectivity index (χ2v) is 7.56. The van der Waals surface area contributed by atoms with E-state index in [0.717, 1.165) is 32.1 Å². The summed E-state index contributed by atoms with van der Waals surface area (Å²) in [6.07, 6.45) is 13.9. The van der Waals surface area contributed by atoms with Crippen molar-refractivity contribution in [3.8, 4) is 0 Å². The van der Waals surface area contributed by atoms with E-state index in [2.05, 4.69) is 6.92 Å². The molecule has 0 spiro atoms. The van der Waals surface area contributed by atoms with Gasteiger partial charge in [-0.2, -0.15) is 0 Å². The van der Waals surface area contributed by atoms with E-state index in [1.807, 2.05) is 6.08 Å². The van der Waals surface area contributed by atoms with Crippen LogP contribution in [0.1, 0.15) is 85.0 Å². The summed E-state index contributed by atoms with van der Waals surface area (Å²) >= 11 is 0. The van der Waals surface area contributed by atoms with Crippen molar-refractivity contribution in [1.82, 2.24) is 0 Å². The first-order valence-corrected chi connectivity index (χ1v) is 9.46. The smallest absolute Gasteiger partial charge is 0.309 e.